The minimum atomic E-state index is 0.607. The zero-order valence-corrected chi connectivity index (χ0v) is 11.8. The van der Waals surface area contributed by atoms with Crippen molar-refractivity contribution in [2.45, 2.75) is 50.7 Å². The summed E-state index contributed by atoms with van der Waals surface area (Å²) in [5, 5.41) is 0. The van der Waals surface area contributed by atoms with E-state index in [2.05, 4.69) is 17.3 Å². The molecule has 0 amide bonds. The molecule has 5 heteroatoms. The highest BCUT2D eigenvalue weighted by Gasteiger charge is 2.19. The molecule has 0 atom stereocenters. The Morgan fingerprint density at radius 1 is 1.39 bits per heavy atom. The lowest BCUT2D eigenvalue weighted by Crippen LogP contribution is -2.12. The standard InChI is InChI=1S/C13H22N4S/c1-2-7-18-9-13-15-11(8-12(16-13)17-14)10-5-3-4-6-10/h8,10H,2-7,9,14H2,1H3,(H,15,16,17). The SMILES string of the molecule is CCCSCc1nc(NN)cc(C2CCCC2)n1. The number of hydrogen-bond donors (Lipinski definition) is 2. The molecule has 18 heavy (non-hydrogen) atoms. The molecule has 100 valence electrons. The van der Waals surface area contributed by atoms with Crippen LogP contribution >= 0.6 is 11.8 Å². The molecule has 1 aliphatic carbocycles. The van der Waals surface area contributed by atoms with Crippen LogP contribution in [-0.2, 0) is 5.75 Å². The second-order valence-electron chi connectivity index (χ2n) is 4.77. The van der Waals surface area contributed by atoms with Crippen LogP contribution in [0.25, 0.3) is 0 Å². The number of nitrogen functional groups attached to an aromatic ring is 1. The lowest BCUT2D eigenvalue weighted by molar-refractivity contribution is 0.689. The molecule has 1 aromatic rings. The number of hydrazine groups is 1. The van der Waals surface area contributed by atoms with Crippen molar-refractivity contribution in [3.05, 3.63) is 17.6 Å². The van der Waals surface area contributed by atoms with E-state index >= 15 is 0 Å². The molecular weight excluding hydrogens is 244 g/mol. The lowest BCUT2D eigenvalue weighted by atomic mass is 10.0. The van der Waals surface area contributed by atoms with Gasteiger partial charge in [0.25, 0.3) is 0 Å². The summed E-state index contributed by atoms with van der Waals surface area (Å²) < 4.78 is 0. The minimum Gasteiger partial charge on any atom is -0.308 e. The smallest absolute Gasteiger partial charge is 0.143 e. The molecule has 1 heterocycles. The second kappa shape index (κ2) is 6.95. The first-order chi connectivity index (χ1) is 8.83. The minimum absolute atomic E-state index is 0.607. The molecule has 1 fully saturated rings. The maximum atomic E-state index is 5.49. The van der Waals surface area contributed by atoms with Gasteiger partial charge in [0.1, 0.15) is 11.6 Å². The van der Waals surface area contributed by atoms with E-state index in [1.165, 1.54) is 37.8 Å². The van der Waals surface area contributed by atoms with Crippen LogP contribution in [-0.4, -0.2) is 15.7 Å². The highest BCUT2D eigenvalue weighted by Crippen LogP contribution is 2.33. The zero-order chi connectivity index (χ0) is 12.8. The van der Waals surface area contributed by atoms with Crippen molar-refractivity contribution in [2.24, 2.45) is 5.84 Å². The Kier molecular flexibility index (Phi) is 5.26. The maximum absolute atomic E-state index is 5.49. The summed E-state index contributed by atoms with van der Waals surface area (Å²) in [4.78, 5) is 9.13. The van der Waals surface area contributed by atoms with Crippen LogP contribution in [0.15, 0.2) is 6.07 Å². The summed E-state index contributed by atoms with van der Waals surface area (Å²) in [6, 6.07) is 2.00. The van der Waals surface area contributed by atoms with E-state index in [0.29, 0.717) is 5.92 Å². The number of anilines is 1. The van der Waals surface area contributed by atoms with Crippen LogP contribution in [0, 0.1) is 0 Å². The fourth-order valence-electron chi connectivity index (χ4n) is 2.39. The number of hydrogen-bond acceptors (Lipinski definition) is 5. The predicted octanol–water partition coefficient (Wildman–Crippen LogP) is 3.06. The Morgan fingerprint density at radius 2 is 2.17 bits per heavy atom. The van der Waals surface area contributed by atoms with E-state index in [0.717, 1.165) is 23.1 Å². The third-order valence-electron chi connectivity index (χ3n) is 3.29. The lowest BCUT2D eigenvalue weighted by Gasteiger charge is -2.12. The van der Waals surface area contributed by atoms with Crippen LogP contribution in [0.3, 0.4) is 0 Å². The number of aromatic nitrogens is 2. The van der Waals surface area contributed by atoms with Gasteiger partial charge in [0.05, 0.1) is 5.75 Å². The first-order valence-corrected chi connectivity index (χ1v) is 7.91. The van der Waals surface area contributed by atoms with Crippen molar-refractivity contribution in [3.63, 3.8) is 0 Å². The van der Waals surface area contributed by atoms with Gasteiger partial charge in [-0.1, -0.05) is 19.8 Å². The average Bonchev–Trinajstić information content (AvgIpc) is 2.92. The topological polar surface area (TPSA) is 63.8 Å². The number of nitrogens with zero attached hydrogens (tertiary/aromatic N) is 2. The first kappa shape index (κ1) is 13.6. The molecule has 4 nitrogen and oxygen atoms in total. The van der Waals surface area contributed by atoms with Crippen molar-refractivity contribution in [1.29, 1.82) is 0 Å². The Bertz CT molecular complexity index is 377. The van der Waals surface area contributed by atoms with E-state index in [1.54, 1.807) is 0 Å². The van der Waals surface area contributed by atoms with E-state index < -0.39 is 0 Å². The van der Waals surface area contributed by atoms with Gasteiger partial charge >= 0.3 is 0 Å². The monoisotopic (exact) mass is 266 g/mol. The highest BCUT2D eigenvalue weighted by molar-refractivity contribution is 7.98. The van der Waals surface area contributed by atoms with Gasteiger partial charge in [-0.05, 0) is 25.0 Å². The third kappa shape index (κ3) is 3.59. The largest absolute Gasteiger partial charge is 0.308 e. The number of nitrogens with one attached hydrogen (secondary N) is 1. The Hall–Kier alpha value is -0.810. The van der Waals surface area contributed by atoms with Crippen LogP contribution < -0.4 is 11.3 Å². The van der Waals surface area contributed by atoms with Crippen LogP contribution in [0.4, 0.5) is 5.82 Å². The summed E-state index contributed by atoms with van der Waals surface area (Å²) in [6.45, 7) is 2.19. The van der Waals surface area contributed by atoms with Crippen molar-refractivity contribution >= 4 is 17.6 Å². The molecule has 0 spiro atoms. The van der Waals surface area contributed by atoms with Gasteiger partial charge in [-0.3, -0.25) is 0 Å². The quantitative estimate of drug-likeness (QED) is 0.470. The number of rotatable bonds is 6. The molecule has 1 aliphatic rings. The molecule has 0 saturated heterocycles. The Balaban J connectivity index is 2.10. The highest BCUT2D eigenvalue weighted by atomic mass is 32.2. The maximum Gasteiger partial charge on any atom is 0.143 e. The molecule has 3 N–H and O–H groups in total. The molecule has 0 radical (unpaired) electrons. The van der Waals surface area contributed by atoms with Crippen molar-refractivity contribution in [2.75, 3.05) is 11.2 Å². The normalized spacial score (nSPS) is 16.1. The molecule has 0 aliphatic heterocycles. The fourth-order valence-corrected chi connectivity index (χ4v) is 3.14. The number of nitrogens with two attached hydrogens (primary N) is 1. The van der Waals surface area contributed by atoms with Gasteiger partial charge in [0.15, 0.2) is 0 Å². The molecular formula is C13H22N4S. The van der Waals surface area contributed by atoms with Crippen LogP contribution in [0.5, 0.6) is 0 Å². The fraction of sp³-hybridized carbons (Fsp3) is 0.692. The molecule has 2 rings (SSSR count). The third-order valence-corrected chi connectivity index (χ3v) is 4.45. The van der Waals surface area contributed by atoms with Crippen molar-refractivity contribution < 1.29 is 0 Å². The summed E-state index contributed by atoms with van der Waals surface area (Å²) in [5.41, 5.74) is 3.83. The van der Waals surface area contributed by atoms with Crippen molar-refractivity contribution in [1.82, 2.24) is 9.97 Å². The summed E-state index contributed by atoms with van der Waals surface area (Å²) >= 11 is 1.88. The van der Waals surface area contributed by atoms with Crippen LogP contribution in [0.2, 0.25) is 0 Å². The second-order valence-corrected chi connectivity index (χ2v) is 5.88. The van der Waals surface area contributed by atoms with Gasteiger partial charge in [0, 0.05) is 17.7 Å². The molecule has 0 aromatic carbocycles. The average molecular weight is 266 g/mol. The van der Waals surface area contributed by atoms with Gasteiger partial charge < -0.3 is 5.43 Å². The van der Waals surface area contributed by atoms with Crippen LogP contribution in [0.1, 0.15) is 56.5 Å². The Labute approximate surface area is 113 Å². The van der Waals surface area contributed by atoms with Gasteiger partial charge in [-0.15, -0.1) is 0 Å². The molecule has 1 saturated carbocycles. The van der Waals surface area contributed by atoms with E-state index in [-0.39, 0.29) is 0 Å². The Morgan fingerprint density at radius 3 is 2.83 bits per heavy atom. The molecule has 0 bridgehead atoms. The van der Waals surface area contributed by atoms with Gasteiger partial charge in [0.2, 0.25) is 0 Å². The van der Waals surface area contributed by atoms with E-state index in [1.807, 2.05) is 17.8 Å². The van der Waals surface area contributed by atoms with E-state index in [9.17, 15) is 0 Å². The summed E-state index contributed by atoms with van der Waals surface area (Å²) in [6.07, 6.45) is 6.33. The molecule has 0 unspecified atom stereocenters. The van der Waals surface area contributed by atoms with Crippen molar-refractivity contribution in [3.8, 4) is 0 Å². The predicted molar refractivity (Wildman–Crippen MR) is 77.5 cm³/mol. The van der Waals surface area contributed by atoms with E-state index in [4.69, 9.17) is 10.8 Å². The zero-order valence-electron chi connectivity index (χ0n) is 11.0. The van der Waals surface area contributed by atoms with Gasteiger partial charge in [-0.2, -0.15) is 11.8 Å². The number of thioether (sulfide) groups is 1. The summed E-state index contributed by atoms with van der Waals surface area (Å²) in [5.74, 6) is 9.79. The van der Waals surface area contributed by atoms with Gasteiger partial charge in [-0.25, -0.2) is 15.8 Å². The first-order valence-electron chi connectivity index (χ1n) is 6.75. The summed E-state index contributed by atoms with van der Waals surface area (Å²) in [7, 11) is 0. The molecule has 1 aromatic heterocycles.